The van der Waals surface area contributed by atoms with Gasteiger partial charge in [-0.25, -0.2) is 0 Å². The van der Waals surface area contributed by atoms with Gasteiger partial charge in [-0.2, -0.15) is 18.4 Å². The molecule has 1 aromatic carbocycles. The fraction of sp³-hybridized carbons (Fsp3) is 0.409. The third kappa shape index (κ3) is 6.69. The molecule has 1 aliphatic heterocycles. The van der Waals surface area contributed by atoms with Crippen LogP contribution in [0.25, 0.3) is 11.8 Å². The summed E-state index contributed by atoms with van der Waals surface area (Å²) in [5.74, 6) is -1.18. The zero-order valence-electron chi connectivity index (χ0n) is 18.4. The zero-order chi connectivity index (χ0) is 24.7. The summed E-state index contributed by atoms with van der Waals surface area (Å²) in [5.41, 5.74) is 0.839. The second-order valence-electron chi connectivity index (χ2n) is 7.48. The minimum absolute atomic E-state index is 0.00351. The van der Waals surface area contributed by atoms with Crippen LogP contribution in [0.1, 0.15) is 12.5 Å². The Hall–Kier alpha value is -3.14. The van der Waals surface area contributed by atoms with Gasteiger partial charge in [0.15, 0.2) is 5.57 Å². The van der Waals surface area contributed by atoms with Gasteiger partial charge in [-0.05, 0) is 24.6 Å². The Morgan fingerprint density at radius 2 is 2.06 bits per heavy atom. The number of halogens is 3. The lowest BCUT2D eigenvalue weighted by molar-refractivity contribution is -0.135. The first kappa shape index (κ1) is 25.5. The molecule has 3 rings (SSSR count). The number of morpholine rings is 1. The maximum Gasteiger partial charge on any atom is 0.405 e. The molecule has 0 aliphatic carbocycles. The van der Waals surface area contributed by atoms with Crippen molar-refractivity contribution in [1.29, 1.82) is 5.26 Å². The second-order valence-corrected chi connectivity index (χ2v) is 8.51. The van der Waals surface area contributed by atoms with Crippen LogP contribution in [0.5, 0.6) is 0 Å². The number of thiazole rings is 1. The Morgan fingerprint density at radius 3 is 2.71 bits per heavy atom. The highest BCUT2D eigenvalue weighted by atomic mass is 32.1. The quantitative estimate of drug-likeness (QED) is 0.594. The van der Waals surface area contributed by atoms with E-state index in [9.17, 15) is 28.0 Å². The van der Waals surface area contributed by atoms with E-state index in [1.807, 2.05) is 24.3 Å². The molecule has 0 spiro atoms. The smallest absolute Gasteiger partial charge is 0.379 e. The maximum atomic E-state index is 12.8. The highest BCUT2D eigenvalue weighted by Gasteiger charge is 2.28. The van der Waals surface area contributed by atoms with Crippen LogP contribution in [-0.4, -0.2) is 54.4 Å². The molecule has 2 heterocycles. The number of amides is 1. The van der Waals surface area contributed by atoms with Gasteiger partial charge in [-0.15, -0.1) is 11.3 Å². The van der Waals surface area contributed by atoms with E-state index in [0.29, 0.717) is 13.2 Å². The Bertz CT molecular complexity index is 1240. The number of hydrogen-bond donors (Lipinski definition) is 2. The number of nitrogens with one attached hydrogen (secondary N) is 2. The predicted octanol–water partition coefficient (Wildman–Crippen LogP) is 0.965. The van der Waals surface area contributed by atoms with Crippen molar-refractivity contribution in [2.75, 3.05) is 38.2 Å². The highest BCUT2D eigenvalue weighted by Crippen LogP contribution is 2.14. The van der Waals surface area contributed by atoms with Gasteiger partial charge in [0.1, 0.15) is 21.8 Å². The number of aromatic nitrogens is 1. The summed E-state index contributed by atoms with van der Waals surface area (Å²) >= 11 is 0.866. The summed E-state index contributed by atoms with van der Waals surface area (Å²) in [6.45, 7) is 4.09. The molecule has 0 unspecified atom stereocenters. The molecule has 8 nitrogen and oxygen atoms in total. The molecular formula is C22H24F3N5O3S. The van der Waals surface area contributed by atoms with Crippen molar-refractivity contribution in [3.63, 3.8) is 0 Å². The Balaban J connectivity index is 1.87. The molecule has 1 amide bonds. The van der Waals surface area contributed by atoms with Crippen LogP contribution in [0, 0.1) is 11.3 Å². The van der Waals surface area contributed by atoms with Crippen molar-refractivity contribution in [3.8, 4) is 6.07 Å². The average molecular weight is 496 g/mol. The monoisotopic (exact) mass is 495 g/mol. The molecule has 34 heavy (non-hydrogen) atoms. The molecule has 1 aromatic heterocycles. The number of alkyl halides is 3. The topological polar surface area (TPSA) is 99.4 Å². The summed E-state index contributed by atoms with van der Waals surface area (Å²) in [6.07, 6.45) is -3.14. The zero-order valence-corrected chi connectivity index (χ0v) is 19.3. The molecule has 0 atom stereocenters. The average Bonchev–Trinajstić information content (AvgIpc) is 3.12. The highest BCUT2D eigenvalue weighted by molar-refractivity contribution is 7.07. The van der Waals surface area contributed by atoms with E-state index in [0.717, 1.165) is 42.2 Å². The normalized spacial score (nSPS) is 16.1. The lowest BCUT2D eigenvalue weighted by Gasteiger charge is -2.26. The van der Waals surface area contributed by atoms with E-state index >= 15 is 0 Å². The number of carbonyl (C=O) groups is 1. The molecule has 0 radical (unpaired) electrons. The third-order valence-corrected chi connectivity index (χ3v) is 6.16. The minimum Gasteiger partial charge on any atom is -0.379 e. The van der Waals surface area contributed by atoms with Crippen LogP contribution < -0.4 is 25.4 Å². The van der Waals surface area contributed by atoms with Crippen molar-refractivity contribution in [1.82, 2.24) is 14.8 Å². The Morgan fingerprint density at radius 1 is 1.32 bits per heavy atom. The van der Waals surface area contributed by atoms with Gasteiger partial charge >= 0.3 is 6.18 Å². The SMILES string of the molecule is CCn1c(=O)/c(=C\Nc2cccc(CN3CCOCC3)c2)s/c1=C(/C#N)C(=O)NCC(F)(F)F. The number of rotatable bonds is 7. The molecule has 1 fully saturated rings. The Labute approximate surface area is 197 Å². The van der Waals surface area contributed by atoms with E-state index in [-0.39, 0.29) is 15.7 Å². The third-order valence-electron chi connectivity index (χ3n) is 5.03. The minimum atomic E-state index is -4.62. The van der Waals surface area contributed by atoms with Crippen molar-refractivity contribution in [2.45, 2.75) is 26.2 Å². The summed E-state index contributed by atoms with van der Waals surface area (Å²) in [7, 11) is 0. The first-order valence-electron chi connectivity index (χ1n) is 10.6. The van der Waals surface area contributed by atoms with E-state index < -0.39 is 29.8 Å². The molecule has 2 N–H and O–H groups in total. The van der Waals surface area contributed by atoms with Crippen LogP contribution >= 0.6 is 11.3 Å². The first-order valence-corrected chi connectivity index (χ1v) is 11.4. The van der Waals surface area contributed by atoms with Crippen molar-refractivity contribution in [2.24, 2.45) is 0 Å². The summed E-state index contributed by atoms with van der Waals surface area (Å²) in [4.78, 5) is 27.2. The van der Waals surface area contributed by atoms with Crippen LogP contribution in [-0.2, 0) is 22.6 Å². The van der Waals surface area contributed by atoms with E-state index in [4.69, 9.17) is 4.74 Å². The van der Waals surface area contributed by atoms with E-state index in [2.05, 4.69) is 10.2 Å². The number of carbonyl (C=O) groups excluding carboxylic acids is 1. The van der Waals surface area contributed by atoms with Gasteiger partial charge in [-0.1, -0.05) is 12.1 Å². The second kappa shape index (κ2) is 11.3. The lowest BCUT2D eigenvalue weighted by atomic mass is 10.2. The van der Waals surface area contributed by atoms with Crippen LogP contribution in [0.2, 0.25) is 0 Å². The van der Waals surface area contributed by atoms with Crippen molar-refractivity contribution < 1.29 is 22.7 Å². The van der Waals surface area contributed by atoms with Crippen molar-refractivity contribution in [3.05, 3.63) is 49.4 Å². The molecule has 2 aromatic rings. The molecule has 0 bridgehead atoms. The standard InChI is InChI=1S/C22H24F3N5O3S/c1-2-30-20(32)18(34-21(30)17(11-26)19(31)28-14-22(23,24)25)12-27-16-5-3-4-15(10-16)13-29-6-8-33-9-7-29/h3-5,10,12,27H,2,6-9,13-14H2,1H3,(H,28,31)/b18-12+,21-17-. The number of nitrogens with zero attached hydrogens (tertiary/aromatic N) is 3. The van der Waals surface area contributed by atoms with Crippen LogP contribution in [0.15, 0.2) is 29.1 Å². The first-order chi connectivity index (χ1) is 16.2. The summed E-state index contributed by atoms with van der Waals surface area (Å²) < 4.78 is 44.1. The van der Waals surface area contributed by atoms with E-state index in [1.54, 1.807) is 18.3 Å². The van der Waals surface area contributed by atoms with Crippen molar-refractivity contribution >= 4 is 34.7 Å². The number of nitriles is 1. The molecule has 12 heteroatoms. The Kier molecular flexibility index (Phi) is 8.49. The van der Waals surface area contributed by atoms with Crippen LogP contribution in [0.3, 0.4) is 0 Å². The van der Waals surface area contributed by atoms with Gasteiger partial charge in [0, 0.05) is 38.1 Å². The fourth-order valence-electron chi connectivity index (χ4n) is 3.38. The molecule has 1 aliphatic rings. The number of ether oxygens (including phenoxy) is 1. The van der Waals surface area contributed by atoms with Gasteiger partial charge in [-0.3, -0.25) is 19.1 Å². The van der Waals surface area contributed by atoms with E-state index in [1.165, 1.54) is 10.8 Å². The predicted molar refractivity (Wildman–Crippen MR) is 122 cm³/mol. The molecule has 1 saturated heterocycles. The summed E-state index contributed by atoms with van der Waals surface area (Å²) in [6, 6.07) is 9.31. The largest absolute Gasteiger partial charge is 0.405 e. The number of benzene rings is 1. The lowest BCUT2D eigenvalue weighted by Crippen LogP contribution is -2.37. The van der Waals surface area contributed by atoms with Gasteiger partial charge < -0.3 is 15.4 Å². The summed E-state index contributed by atoms with van der Waals surface area (Å²) in [5, 5.41) is 14.1. The molecule has 0 saturated carbocycles. The van der Waals surface area contributed by atoms with Gasteiger partial charge in [0.2, 0.25) is 0 Å². The maximum absolute atomic E-state index is 12.8. The molecular weight excluding hydrogens is 471 g/mol. The van der Waals surface area contributed by atoms with Gasteiger partial charge in [0.25, 0.3) is 11.5 Å². The van der Waals surface area contributed by atoms with Gasteiger partial charge in [0.05, 0.1) is 13.2 Å². The fourth-order valence-corrected chi connectivity index (χ4v) is 4.47. The molecule has 182 valence electrons. The van der Waals surface area contributed by atoms with Crippen LogP contribution in [0.4, 0.5) is 18.9 Å². The number of hydrogen-bond acceptors (Lipinski definition) is 7. The number of anilines is 1.